The van der Waals surface area contributed by atoms with Gasteiger partial charge in [0.25, 0.3) is 0 Å². The number of carbonyl (C=O) groups excluding carboxylic acids is 3. The van der Waals surface area contributed by atoms with E-state index in [1.165, 1.54) is 0 Å². The minimum atomic E-state index is -1.10. The van der Waals surface area contributed by atoms with E-state index in [2.05, 4.69) is 45.3 Å². The highest BCUT2D eigenvalue weighted by Crippen LogP contribution is 2.69. The zero-order chi connectivity index (χ0) is 40.4. The lowest BCUT2D eigenvalue weighted by Crippen LogP contribution is -2.69. The molecule has 3 saturated carbocycles. The van der Waals surface area contributed by atoms with Crippen molar-refractivity contribution in [2.24, 2.45) is 33.8 Å². The van der Waals surface area contributed by atoms with Gasteiger partial charge >= 0.3 is 5.97 Å². The number of fused-ring (bicyclic) bond motifs is 1. The topological polar surface area (TPSA) is 183 Å². The second kappa shape index (κ2) is 15.0. The van der Waals surface area contributed by atoms with Gasteiger partial charge in [0.1, 0.15) is 17.7 Å². The predicted molar refractivity (Wildman–Crippen MR) is 211 cm³/mol. The lowest BCUT2D eigenvalue weighted by molar-refractivity contribution is -0.252. The number of nitrogens with zero attached hydrogens (tertiary/aromatic N) is 8. The molecule has 56 heavy (non-hydrogen) atoms. The highest BCUT2D eigenvalue weighted by Gasteiger charge is 2.72. The van der Waals surface area contributed by atoms with Crippen LogP contribution in [0, 0.1) is 28.1 Å². The van der Waals surface area contributed by atoms with Crippen molar-refractivity contribution in [2.45, 2.75) is 110 Å². The number of hydrogen-bond donors (Lipinski definition) is 3. The minimum absolute atomic E-state index is 0.0240. The summed E-state index contributed by atoms with van der Waals surface area (Å²) in [4.78, 5) is 63.1. The molecule has 3 aliphatic carbocycles. The first kappa shape index (κ1) is 40.7. The Morgan fingerprint density at radius 1 is 1.04 bits per heavy atom. The summed E-state index contributed by atoms with van der Waals surface area (Å²) in [6.07, 6.45) is 5.88. The van der Waals surface area contributed by atoms with Crippen LogP contribution in [-0.2, 0) is 25.7 Å². The molecule has 5 aliphatic rings. The molecule has 2 saturated heterocycles. The van der Waals surface area contributed by atoms with Crippen molar-refractivity contribution in [3.8, 4) is 0 Å². The number of likely N-dealkylation sites (N-methyl/N-ethyl adjacent to an activating group) is 1. The van der Waals surface area contributed by atoms with E-state index in [4.69, 9.17) is 10.5 Å². The summed E-state index contributed by atoms with van der Waals surface area (Å²) in [5.41, 5.74) is 4.17. The van der Waals surface area contributed by atoms with E-state index >= 15 is 0 Å². The summed E-state index contributed by atoms with van der Waals surface area (Å²) in [5.74, 6) is -0.272. The van der Waals surface area contributed by atoms with E-state index < -0.39 is 45.9 Å². The maximum Gasteiger partial charge on any atom is 0.320 e. The van der Waals surface area contributed by atoms with Gasteiger partial charge in [0.2, 0.25) is 5.91 Å². The molecule has 4 N–H and O–H groups in total. The average molecular weight is 778 g/mol. The molecular weight excluding hydrogens is 715 g/mol. The van der Waals surface area contributed by atoms with E-state index in [1.807, 2.05) is 42.1 Å². The molecule has 10 atom stereocenters. The number of hydrogen-bond acceptors (Lipinski definition) is 13. The van der Waals surface area contributed by atoms with E-state index in [1.54, 1.807) is 18.7 Å². The summed E-state index contributed by atoms with van der Waals surface area (Å²) < 4.78 is 8.33. The van der Waals surface area contributed by atoms with Crippen molar-refractivity contribution >= 4 is 34.6 Å². The lowest BCUT2D eigenvalue weighted by atomic mass is 9.42. The zero-order valence-electron chi connectivity index (χ0n) is 34.2. The molecule has 4 heterocycles. The van der Waals surface area contributed by atoms with Crippen molar-refractivity contribution < 1.29 is 29.3 Å². The predicted octanol–water partition coefficient (Wildman–Crippen LogP) is 1.85. The molecule has 5 fully saturated rings. The summed E-state index contributed by atoms with van der Waals surface area (Å²) in [6, 6.07) is 0.358. The third-order valence-corrected chi connectivity index (χ3v) is 15.6. The molecule has 2 aromatic heterocycles. The van der Waals surface area contributed by atoms with Crippen LogP contribution < -0.4 is 10.6 Å². The van der Waals surface area contributed by atoms with Crippen molar-refractivity contribution in [3.05, 3.63) is 25.3 Å². The van der Waals surface area contributed by atoms with E-state index in [-0.39, 0.29) is 49.1 Å². The number of Topliss-reactive ketones (excluding diaryl/α,β-unsaturated/α-hetero) is 1. The van der Waals surface area contributed by atoms with Gasteiger partial charge in [-0.3, -0.25) is 24.2 Å². The van der Waals surface area contributed by atoms with Crippen molar-refractivity contribution in [1.82, 2.24) is 34.2 Å². The number of piperazine rings is 2. The second-order valence-electron chi connectivity index (χ2n) is 18.2. The molecule has 308 valence electrons. The minimum Gasteiger partial charge on any atom is -0.458 e. The first-order chi connectivity index (χ1) is 26.5. The number of ketones is 1. The van der Waals surface area contributed by atoms with Crippen LogP contribution in [0.1, 0.15) is 73.1 Å². The summed E-state index contributed by atoms with van der Waals surface area (Å²) in [6.45, 7) is 18.6. The van der Waals surface area contributed by atoms with Crippen LogP contribution in [0.4, 0.5) is 5.82 Å². The van der Waals surface area contributed by atoms with Gasteiger partial charge in [0.15, 0.2) is 17.0 Å². The Morgan fingerprint density at radius 2 is 1.77 bits per heavy atom. The number of aliphatic hydroxyl groups excluding tert-OH is 2. The van der Waals surface area contributed by atoms with Crippen LogP contribution in [0.25, 0.3) is 11.2 Å². The Bertz CT molecular complexity index is 1830. The Balaban J connectivity index is 0.963. The molecule has 0 spiro atoms. The monoisotopic (exact) mass is 777 g/mol. The van der Waals surface area contributed by atoms with E-state index in [0.717, 1.165) is 18.9 Å². The Kier molecular flexibility index (Phi) is 10.9. The van der Waals surface area contributed by atoms with Gasteiger partial charge in [0, 0.05) is 88.0 Å². The third-order valence-electron chi connectivity index (χ3n) is 15.6. The van der Waals surface area contributed by atoms with Crippen LogP contribution in [0.2, 0.25) is 0 Å². The molecule has 7 rings (SSSR count). The normalized spacial score (nSPS) is 38.3. The van der Waals surface area contributed by atoms with Gasteiger partial charge in [-0.05, 0) is 57.9 Å². The molecule has 2 aromatic rings. The first-order valence-corrected chi connectivity index (χ1v) is 20.6. The lowest BCUT2D eigenvalue weighted by Gasteiger charge is -2.64. The van der Waals surface area contributed by atoms with Gasteiger partial charge in [-0.1, -0.05) is 26.8 Å². The standard InChI is InChI=1S/C41H63N9O6/c1-8-38(4)21-30(52)40(6)34-29(51)9-11-41(34,26(2)35(38)55)13-12-39(40,5)56-32(54)23-47-16-18-48(19-17-47)31(53)10-14-49-25-45-33-36(49)43-24-44-37(33)50-20-15-46(7)27(3)28(50)22-42/h8,24-28,30,34-35,52,55H,1,9-23,42H2,2-7H3. The zero-order valence-corrected chi connectivity index (χ0v) is 34.2. The SMILES string of the molecule is C=CC1(C)CC(O)C2(C)C3C(=O)CCC3(CCC2(C)OC(=O)CN2CCN(C(=O)CCn3cnc4c(N5CCN(C)C(C)C5CN)ncnc43)CC2)C(C)C1O. The fourth-order valence-corrected chi connectivity index (χ4v) is 11.5. The number of aliphatic hydroxyl groups is 2. The van der Waals surface area contributed by atoms with E-state index in [9.17, 15) is 24.6 Å². The number of carbonyl (C=O) groups is 3. The third kappa shape index (κ3) is 6.45. The molecule has 15 nitrogen and oxygen atoms in total. The maximum atomic E-state index is 13.8. The summed E-state index contributed by atoms with van der Waals surface area (Å²) in [7, 11) is 2.11. The number of imidazole rings is 1. The van der Waals surface area contributed by atoms with Crippen LogP contribution in [0.15, 0.2) is 25.3 Å². The number of nitrogens with two attached hydrogens (primary N) is 1. The summed E-state index contributed by atoms with van der Waals surface area (Å²) in [5, 5.41) is 23.7. The van der Waals surface area contributed by atoms with Gasteiger partial charge in [-0.25, -0.2) is 15.0 Å². The largest absolute Gasteiger partial charge is 0.458 e. The van der Waals surface area contributed by atoms with Crippen LogP contribution in [0.3, 0.4) is 0 Å². The van der Waals surface area contributed by atoms with Gasteiger partial charge in [-0.2, -0.15) is 0 Å². The Hall–Kier alpha value is -3.50. The summed E-state index contributed by atoms with van der Waals surface area (Å²) >= 11 is 0. The van der Waals surface area contributed by atoms with Gasteiger partial charge in [-0.15, -0.1) is 6.58 Å². The fraction of sp³-hybridized carbons (Fsp3) is 0.756. The molecule has 15 heteroatoms. The molecule has 2 bridgehead atoms. The number of anilines is 1. The number of esters is 1. The van der Waals surface area contributed by atoms with Crippen molar-refractivity contribution in [3.63, 3.8) is 0 Å². The number of rotatable bonds is 9. The number of ether oxygens (including phenoxy) is 1. The smallest absolute Gasteiger partial charge is 0.320 e. The molecular formula is C41H63N9O6. The molecule has 1 amide bonds. The molecule has 10 unspecified atom stereocenters. The molecule has 0 radical (unpaired) electrons. The number of amides is 1. The first-order valence-electron chi connectivity index (χ1n) is 20.6. The van der Waals surface area contributed by atoms with Gasteiger partial charge in [0.05, 0.1) is 31.1 Å². The number of aryl methyl sites for hydroxylation is 1. The van der Waals surface area contributed by atoms with Crippen LogP contribution in [0.5, 0.6) is 0 Å². The highest BCUT2D eigenvalue weighted by atomic mass is 16.6. The number of aromatic nitrogens is 4. The second-order valence-corrected chi connectivity index (χ2v) is 18.2. The maximum absolute atomic E-state index is 13.8. The highest BCUT2D eigenvalue weighted by molar-refractivity contribution is 5.86. The average Bonchev–Trinajstić information content (AvgIpc) is 3.77. The fourth-order valence-electron chi connectivity index (χ4n) is 11.5. The Morgan fingerprint density at radius 3 is 2.46 bits per heavy atom. The van der Waals surface area contributed by atoms with Crippen LogP contribution >= 0.6 is 0 Å². The van der Waals surface area contributed by atoms with Crippen molar-refractivity contribution in [1.29, 1.82) is 0 Å². The quantitative estimate of drug-likeness (QED) is 0.248. The van der Waals surface area contributed by atoms with Gasteiger partial charge < -0.3 is 35.1 Å². The van der Waals surface area contributed by atoms with Crippen LogP contribution in [-0.4, -0.2) is 151 Å². The van der Waals surface area contributed by atoms with E-state index in [0.29, 0.717) is 76.1 Å². The molecule has 2 aliphatic heterocycles. The Labute approximate surface area is 330 Å². The molecule has 0 aromatic carbocycles. The van der Waals surface area contributed by atoms with Crippen molar-refractivity contribution in [2.75, 3.05) is 64.3 Å².